The summed E-state index contributed by atoms with van der Waals surface area (Å²) in [6.07, 6.45) is 3.11. The zero-order valence-electron chi connectivity index (χ0n) is 15.3. The highest BCUT2D eigenvalue weighted by atomic mass is 19.1. The summed E-state index contributed by atoms with van der Waals surface area (Å²) in [5.74, 6) is -2.13. The van der Waals surface area contributed by atoms with Crippen LogP contribution in [0.3, 0.4) is 0 Å². The van der Waals surface area contributed by atoms with Gasteiger partial charge in [-0.25, -0.2) is 9.29 Å². The lowest BCUT2D eigenvalue weighted by atomic mass is 9.82. The predicted molar refractivity (Wildman–Crippen MR) is 103 cm³/mol. The largest absolute Gasteiger partial charge is 0.322 e. The third kappa shape index (κ3) is 3.11. The van der Waals surface area contributed by atoms with E-state index in [1.54, 1.807) is 24.3 Å². The van der Waals surface area contributed by atoms with Crippen molar-refractivity contribution in [3.05, 3.63) is 71.6 Å². The first kappa shape index (κ1) is 18.1. The minimum absolute atomic E-state index is 0.219. The fourth-order valence-electron chi connectivity index (χ4n) is 3.87. The SMILES string of the molecule is CC1=CC[C@@H]2C(=O)N(c3ccccc3C(=O)Nc3ccc(F)cc3)C(=O)[C@H]2C1. The van der Waals surface area contributed by atoms with E-state index < -0.39 is 11.7 Å². The standard InChI is InChI=1S/C22H19FN2O3/c1-13-6-11-16-18(12-13)22(28)25(21(16)27)19-5-3-2-4-17(19)20(26)24-15-9-7-14(23)8-10-15/h2-10,16,18H,11-12H2,1H3,(H,24,26)/t16-,18-/m0/s1. The molecule has 0 saturated carbocycles. The van der Waals surface area contributed by atoms with E-state index in [1.165, 1.54) is 24.3 Å². The smallest absolute Gasteiger partial charge is 0.257 e. The van der Waals surface area contributed by atoms with Crippen LogP contribution >= 0.6 is 0 Å². The summed E-state index contributed by atoms with van der Waals surface area (Å²) < 4.78 is 13.1. The quantitative estimate of drug-likeness (QED) is 0.650. The average Bonchev–Trinajstić information content (AvgIpc) is 2.93. The van der Waals surface area contributed by atoms with Crippen LogP contribution in [0.1, 0.15) is 30.1 Å². The van der Waals surface area contributed by atoms with Gasteiger partial charge in [-0.1, -0.05) is 23.8 Å². The van der Waals surface area contributed by atoms with Crippen LogP contribution < -0.4 is 10.2 Å². The highest BCUT2D eigenvalue weighted by Gasteiger charge is 2.49. The van der Waals surface area contributed by atoms with E-state index >= 15 is 0 Å². The van der Waals surface area contributed by atoms with Crippen LogP contribution in [0.4, 0.5) is 15.8 Å². The van der Waals surface area contributed by atoms with E-state index in [0.29, 0.717) is 18.5 Å². The zero-order valence-corrected chi connectivity index (χ0v) is 15.3. The lowest BCUT2D eigenvalue weighted by molar-refractivity contribution is -0.122. The van der Waals surface area contributed by atoms with Crippen LogP contribution in [0, 0.1) is 17.7 Å². The summed E-state index contributed by atoms with van der Waals surface area (Å²) in [6.45, 7) is 1.96. The van der Waals surface area contributed by atoms with Gasteiger partial charge in [0, 0.05) is 5.69 Å². The Balaban J connectivity index is 1.65. The Morgan fingerprint density at radius 2 is 1.71 bits per heavy atom. The maximum absolute atomic E-state index is 13.1. The van der Waals surface area contributed by atoms with E-state index in [9.17, 15) is 18.8 Å². The molecule has 2 aromatic rings. The molecule has 5 nitrogen and oxygen atoms in total. The number of rotatable bonds is 3. The number of hydrogen-bond acceptors (Lipinski definition) is 3. The minimum atomic E-state index is -0.466. The van der Waals surface area contributed by atoms with Gasteiger partial charge < -0.3 is 5.32 Å². The van der Waals surface area contributed by atoms with E-state index in [0.717, 1.165) is 10.5 Å². The number of hydrogen-bond donors (Lipinski definition) is 1. The van der Waals surface area contributed by atoms with E-state index in [1.807, 2.05) is 13.0 Å². The number of para-hydroxylation sites is 1. The molecule has 1 aliphatic heterocycles. The van der Waals surface area contributed by atoms with Crippen LogP contribution in [-0.4, -0.2) is 17.7 Å². The number of nitrogens with zero attached hydrogens (tertiary/aromatic N) is 1. The van der Waals surface area contributed by atoms with E-state index in [4.69, 9.17) is 0 Å². The van der Waals surface area contributed by atoms with Crippen LogP contribution in [0.15, 0.2) is 60.2 Å². The highest BCUT2D eigenvalue weighted by molar-refractivity contribution is 6.25. The monoisotopic (exact) mass is 378 g/mol. The Hall–Kier alpha value is -3.28. The van der Waals surface area contributed by atoms with Gasteiger partial charge in [0.25, 0.3) is 5.91 Å². The molecule has 1 fully saturated rings. The first-order chi connectivity index (χ1) is 13.5. The van der Waals surface area contributed by atoms with Crippen molar-refractivity contribution in [1.82, 2.24) is 0 Å². The number of anilines is 2. The molecule has 0 spiro atoms. The van der Waals surface area contributed by atoms with Gasteiger partial charge in [-0.2, -0.15) is 0 Å². The Morgan fingerprint density at radius 1 is 1.04 bits per heavy atom. The Bertz CT molecular complexity index is 997. The van der Waals surface area contributed by atoms with Crippen molar-refractivity contribution < 1.29 is 18.8 Å². The van der Waals surface area contributed by atoms with Crippen LogP contribution in [0.5, 0.6) is 0 Å². The second kappa shape index (κ2) is 7.03. The molecule has 6 heteroatoms. The molecule has 3 amide bonds. The van der Waals surface area contributed by atoms with Crippen LogP contribution in [0.25, 0.3) is 0 Å². The number of benzene rings is 2. The van der Waals surface area contributed by atoms with Crippen molar-refractivity contribution in [2.24, 2.45) is 11.8 Å². The van der Waals surface area contributed by atoms with Crippen LogP contribution in [0.2, 0.25) is 0 Å². The van der Waals surface area contributed by atoms with Crippen molar-refractivity contribution >= 4 is 29.1 Å². The lowest BCUT2D eigenvalue weighted by Crippen LogP contribution is -2.33. The molecule has 28 heavy (non-hydrogen) atoms. The van der Waals surface area contributed by atoms with Crippen molar-refractivity contribution in [2.75, 3.05) is 10.2 Å². The van der Waals surface area contributed by atoms with Crippen molar-refractivity contribution in [2.45, 2.75) is 19.8 Å². The second-order valence-electron chi connectivity index (χ2n) is 7.19. The van der Waals surface area contributed by atoms with E-state index in [-0.39, 0.29) is 34.9 Å². The van der Waals surface area contributed by atoms with Crippen LogP contribution in [-0.2, 0) is 9.59 Å². The first-order valence-electron chi connectivity index (χ1n) is 9.15. The fourth-order valence-corrected chi connectivity index (χ4v) is 3.87. The van der Waals surface area contributed by atoms with Crippen molar-refractivity contribution in [3.8, 4) is 0 Å². The Kier molecular flexibility index (Phi) is 4.55. The molecule has 1 heterocycles. The summed E-state index contributed by atoms with van der Waals surface area (Å²) in [4.78, 5) is 39.8. The summed E-state index contributed by atoms with van der Waals surface area (Å²) in [7, 11) is 0. The molecule has 2 aliphatic rings. The van der Waals surface area contributed by atoms with Gasteiger partial charge in [0.1, 0.15) is 5.82 Å². The van der Waals surface area contributed by atoms with Gasteiger partial charge in [-0.15, -0.1) is 0 Å². The van der Waals surface area contributed by atoms with Gasteiger partial charge in [0.2, 0.25) is 11.8 Å². The zero-order chi connectivity index (χ0) is 19.8. The molecule has 0 bridgehead atoms. The minimum Gasteiger partial charge on any atom is -0.322 e. The third-order valence-electron chi connectivity index (χ3n) is 5.31. The summed E-state index contributed by atoms with van der Waals surface area (Å²) in [6, 6.07) is 11.9. The number of amides is 3. The van der Waals surface area contributed by atoms with Gasteiger partial charge in [-0.3, -0.25) is 14.4 Å². The highest BCUT2D eigenvalue weighted by Crippen LogP contribution is 2.40. The van der Waals surface area contributed by atoms with Gasteiger partial charge in [-0.05, 0) is 56.2 Å². The van der Waals surface area contributed by atoms with E-state index in [2.05, 4.69) is 5.32 Å². The molecule has 1 N–H and O–H groups in total. The van der Waals surface area contributed by atoms with Gasteiger partial charge >= 0.3 is 0 Å². The Labute approximate surface area is 161 Å². The molecule has 142 valence electrons. The molecule has 1 saturated heterocycles. The number of imide groups is 1. The number of allylic oxidation sites excluding steroid dienone is 2. The number of fused-ring (bicyclic) bond motifs is 1. The summed E-state index contributed by atoms with van der Waals surface area (Å²) in [5, 5.41) is 2.68. The number of carbonyl (C=O) groups is 3. The Morgan fingerprint density at radius 3 is 2.46 bits per heavy atom. The normalized spacial score (nSPS) is 21.4. The molecule has 1 aliphatic carbocycles. The molecule has 2 aromatic carbocycles. The van der Waals surface area contributed by atoms with Gasteiger partial charge in [0.15, 0.2) is 0 Å². The average molecular weight is 378 g/mol. The topological polar surface area (TPSA) is 66.5 Å². The number of carbonyl (C=O) groups excluding carboxylic acids is 3. The van der Waals surface area contributed by atoms with Crippen molar-refractivity contribution in [3.63, 3.8) is 0 Å². The molecule has 2 atom stereocenters. The second-order valence-corrected chi connectivity index (χ2v) is 7.19. The lowest BCUT2D eigenvalue weighted by Gasteiger charge is -2.19. The summed E-state index contributed by atoms with van der Waals surface area (Å²) in [5.41, 5.74) is 2.03. The fraction of sp³-hybridized carbons (Fsp3) is 0.227. The molecule has 0 radical (unpaired) electrons. The molecule has 0 aromatic heterocycles. The summed E-state index contributed by atoms with van der Waals surface area (Å²) >= 11 is 0. The maximum atomic E-state index is 13.1. The van der Waals surface area contributed by atoms with Gasteiger partial charge in [0.05, 0.1) is 23.1 Å². The first-order valence-corrected chi connectivity index (χ1v) is 9.15. The van der Waals surface area contributed by atoms with Crippen molar-refractivity contribution in [1.29, 1.82) is 0 Å². The number of halogens is 1. The molecule has 0 unspecified atom stereocenters. The molecule has 4 rings (SSSR count). The molecular formula is C22H19FN2O3. The maximum Gasteiger partial charge on any atom is 0.257 e. The molecular weight excluding hydrogens is 359 g/mol. The number of nitrogens with one attached hydrogen (secondary N) is 1. The predicted octanol–water partition coefficient (Wildman–Crippen LogP) is 3.92. The third-order valence-corrected chi connectivity index (χ3v) is 5.31.